The summed E-state index contributed by atoms with van der Waals surface area (Å²) in [6, 6.07) is 2.80. The summed E-state index contributed by atoms with van der Waals surface area (Å²) in [5.41, 5.74) is -0.0906. The number of nitrogens with zero attached hydrogens (tertiary/aromatic N) is 1. The van der Waals surface area contributed by atoms with Gasteiger partial charge < -0.3 is 10.2 Å². The van der Waals surface area contributed by atoms with Crippen LogP contribution in [0.2, 0.25) is 5.02 Å². The molecule has 1 aliphatic heterocycles. The second kappa shape index (κ2) is 5.53. The molecule has 0 aromatic heterocycles. The molecule has 108 valence electrons. The van der Waals surface area contributed by atoms with E-state index in [1.165, 1.54) is 6.07 Å². The first kappa shape index (κ1) is 15.0. The van der Waals surface area contributed by atoms with Crippen molar-refractivity contribution in [3.63, 3.8) is 0 Å². The molecular weight excluding hydrogens is 306 g/mol. The summed E-state index contributed by atoms with van der Waals surface area (Å²) in [6.07, 6.45) is 3.23. The smallest absolute Gasteiger partial charge is 0.335 e. The van der Waals surface area contributed by atoms with E-state index in [2.05, 4.69) is 0 Å². The molecule has 0 fully saturated rings. The number of hydrogen-bond donors (Lipinski definition) is 2. The monoisotopic (exact) mass is 317 g/mol. The van der Waals surface area contributed by atoms with Gasteiger partial charge in [-0.15, -0.1) is 0 Å². The number of aliphatic hydroxyl groups excluding tert-OH is 1. The van der Waals surface area contributed by atoms with Gasteiger partial charge in [-0.05, 0) is 18.2 Å². The van der Waals surface area contributed by atoms with E-state index < -0.39 is 22.0 Å². The molecule has 1 heterocycles. The van der Waals surface area contributed by atoms with Crippen LogP contribution in [0.15, 0.2) is 35.2 Å². The van der Waals surface area contributed by atoms with Gasteiger partial charge >= 0.3 is 5.97 Å². The average Bonchev–Trinajstić information content (AvgIpc) is 2.87. The molecule has 1 atom stereocenters. The van der Waals surface area contributed by atoms with Crippen molar-refractivity contribution in [2.24, 2.45) is 0 Å². The Morgan fingerprint density at radius 3 is 2.70 bits per heavy atom. The average molecular weight is 318 g/mol. The molecule has 1 aromatic rings. The van der Waals surface area contributed by atoms with Crippen molar-refractivity contribution in [3.8, 4) is 0 Å². The fourth-order valence-corrected chi connectivity index (χ4v) is 4.00. The predicted octanol–water partition coefficient (Wildman–Crippen LogP) is 0.960. The number of sulfonamides is 1. The van der Waals surface area contributed by atoms with Crippen LogP contribution in [0.1, 0.15) is 10.4 Å². The van der Waals surface area contributed by atoms with Gasteiger partial charge in [0.1, 0.15) is 4.90 Å². The van der Waals surface area contributed by atoms with Gasteiger partial charge in [-0.2, -0.15) is 4.31 Å². The molecule has 0 saturated heterocycles. The van der Waals surface area contributed by atoms with Crippen LogP contribution >= 0.6 is 11.6 Å². The normalized spacial score (nSPS) is 19.4. The number of hydrogen-bond acceptors (Lipinski definition) is 4. The van der Waals surface area contributed by atoms with Gasteiger partial charge in [0.15, 0.2) is 0 Å². The van der Waals surface area contributed by atoms with Gasteiger partial charge in [-0.25, -0.2) is 13.2 Å². The Kier molecular flexibility index (Phi) is 4.14. The minimum Gasteiger partial charge on any atom is -0.478 e. The second-order valence-corrected chi connectivity index (χ2v) is 6.47. The summed E-state index contributed by atoms with van der Waals surface area (Å²) >= 11 is 5.88. The molecule has 2 rings (SSSR count). The Balaban J connectivity index is 2.42. The summed E-state index contributed by atoms with van der Waals surface area (Å²) in [4.78, 5) is 10.6. The standard InChI is InChI=1S/C12H12ClNO5S/c13-10-6-8(12(16)17)3-4-11(10)20(18,19)14-5-1-2-9(14)7-15/h1-4,6,9,15H,5,7H2,(H,16,17). The van der Waals surface area contributed by atoms with Crippen LogP contribution in [0.5, 0.6) is 0 Å². The zero-order valence-electron chi connectivity index (χ0n) is 10.2. The summed E-state index contributed by atoms with van der Waals surface area (Å²) in [5.74, 6) is -1.19. The summed E-state index contributed by atoms with van der Waals surface area (Å²) < 4.78 is 26.0. The minimum atomic E-state index is -3.89. The maximum absolute atomic E-state index is 12.4. The van der Waals surface area contributed by atoms with Crippen LogP contribution in [0.4, 0.5) is 0 Å². The van der Waals surface area contributed by atoms with Crippen molar-refractivity contribution in [3.05, 3.63) is 40.9 Å². The van der Waals surface area contributed by atoms with Crippen LogP contribution in [-0.4, -0.2) is 48.1 Å². The number of carboxylic acid groups (broad SMARTS) is 1. The third-order valence-electron chi connectivity index (χ3n) is 2.97. The van der Waals surface area contributed by atoms with Gasteiger partial charge in [0.05, 0.1) is 23.2 Å². The van der Waals surface area contributed by atoms with Crippen molar-refractivity contribution in [1.82, 2.24) is 4.31 Å². The number of aliphatic hydroxyl groups is 1. The van der Waals surface area contributed by atoms with Crippen LogP contribution in [0, 0.1) is 0 Å². The van der Waals surface area contributed by atoms with E-state index in [0.29, 0.717) is 0 Å². The molecule has 0 amide bonds. The summed E-state index contributed by atoms with van der Waals surface area (Å²) in [5, 5.41) is 17.8. The van der Waals surface area contributed by atoms with Gasteiger partial charge in [0.2, 0.25) is 10.0 Å². The van der Waals surface area contributed by atoms with Gasteiger partial charge in [-0.1, -0.05) is 23.8 Å². The first-order chi connectivity index (χ1) is 9.37. The molecular formula is C12H12ClNO5S. The van der Waals surface area contributed by atoms with Crippen molar-refractivity contribution < 1.29 is 23.4 Å². The van der Waals surface area contributed by atoms with E-state index in [1.54, 1.807) is 12.2 Å². The number of halogens is 1. The highest BCUT2D eigenvalue weighted by molar-refractivity contribution is 7.89. The molecule has 1 aliphatic rings. The lowest BCUT2D eigenvalue weighted by Gasteiger charge is -2.22. The molecule has 20 heavy (non-hydrogen) atoms. The lowest BCUT2D eigenvalue weighted by Crippen LogP contribution is -2.38. The number of rotatable bonds is 4. The number of carboxylic acids is 1. The Labute approximate surface area is 120 Å². The van der Waals surface area contributed by atoms with Crippen LogP contribution in [-0.2, 0) is 10.0 Å². The fourth-order valence-electron chi connectivity index (χ4n) is 1.95. The molecule has 0 saturated carbocycles. The van der Waals surface area contributed by atoms with Crippen LogP contribution < -0.4 is 0 Å². The lowest BCUT2D eigenvalue weighted by atomic mass is 10.2. The van der Waals surface area contributed by atoms with Crippen molar-refractivity contribution in [1.29, 1.82) is 0 Å². The van der Waals surface area contributed by atoms with E-state index >= 15 is 0 Å². The molecule has 0 radical (unpaired) electrons. The molecule has 0 aliphatic carbocycles. The Hall–Kier alpha value is -1.41. The Bertz CT molecular complexity index is 670. The van der Waals surface area contributed by atoms with Crippen LogP contribution in [0.3, 0.4) is 0 Å². The summed E-state index contributed by atoms with van der Waals surface area (Å²) in [6.45, 7) is -0.189. The van der Waals surface area contributed by atoms with Gasteiger partial charge in [0.25, 0.3) is 0 Å². The minimum absolute atomic E-state index is 0.0906. The second-order valence-electron chi connectivity index (χ2n) is 4.20. The van der Waals surface area contributed by atoms with Crippen molar-refractivity contribution in [2.75, 3.05) is 13.2 Å². The molecule has 1 aromatic carbocycles. The number of aromatic carboxylic acids is 1. The van der Waals surface area contributed by atoms with Crippen LogP contribution in [0.25, 0.3) is 0 Å². The molecule has 0 spiro atoms. The predicted molar refractivity (Wildman–Crippen MR) is 72.3 cm³/mol. The third-order valence-corrected chi connectivity index (χ3v) is 5.34. The topological polar surface area (TPSA) is 94.9 Å². The summed E-state index contributed by atoms with van der Waals surface area (Å²) in [7, 11) is -3.89. The van der Waals surface area contributed by atoms with E-state index in [-0.39, 0.29) is 28.6 Å². The first-order valence-electron chi connectivity index (χ1n) is 5.70. The first-order valence-corrected chi connectivity index (χ1v) is 7.52. The number of carbonyl (C=O) groups is 1. The molecule has 2 N–H and O–H groups in total. The highest BCUT2D eigenvalue weighted by atomic mass is 35.5. The third kappa shape index (κ3) is 2.57. The lowest BCUT2D eigenvalue weighted by molar-refractivity contribution is 0.0696. The van der Waals surface area contributed by atoms with E-state index in [9.17, 15) is 13.2 Å². The quantitative estimate of drug-likeness (QED) is 0.807. The Morgan fingerprint density at radius 1 is 1.45 bits per heavy atom. The molecule has 8 heteroatoms. The zero-order chi connectivity index (χ0) is 14.9. The van der Waals surface area contributed by atoms with Crippen molar-refractivity contribution >= 4 is 27.6 Å². The van der Waals surface area contributed by atoms with Gasteiger partial charge in [0, 0.05) is 6.54 Å². The SMILES string of the molecule is O=C(O)c1ccc(S(=O)(=O)N2CC=CC2CO)c(Cl)c1. The maximum atomic E-state index is 12.4. The van der Waals surface area contributed by atoms with E-state index in [4.69, 9.17) is 21.8 Å². The highest BCUT2D eigenvalue weighted by Gasteiger charge is 2.33. The van der Waals surface area contributed by atoms with E-state index in [0.717, 1.165) is 16.4 Å². The molecule has 1 unspecified atom stereocenters. The molecule has 0 bridgehead atoms. The highest BCUT2D eigenvalue weighted by Crippen LogP contribution is 2.28. The van der Waals surface area contributed by atoms with E-state index in [1.807, 2.05) is 0 Å². The number of benzene rings is 1. The van der Waals surface area contributed by atoms with Gasteiger partial charge in [-0.3, -0.25) is 0 Å². The maximum Gasteiger partial charge on any atom is 0.335 e. The molecule has 6 nitrogen and oxygen atoms in total. The fraction of sp³-hybridized carbons (Fsp3) is 0.250. The largest absolute Gasteiger partial charge is 0.478 e. The zero-order valence-corrected chi connectivity index (χ0v) is 11.8. The van der Waals surface area contributed by atoms with Crippen molar-refractivity contribution in [2.45, 2.75) is 10.9 Å². The Morgan fingerprint density at radius 2 is 2.15 bits per heavy atom.